The third-order valence-corrected chi connectivity index (χ3v) is 2.91. The Morgan fingerprint density at radius 3 is 2.30 bits per heavy atom. The molecule has 2 aromatic rings. The molecule has 0 atom stereocenters. The minimum absolute atomic E-state index is 0.173. The monoisotopic (exact) mass is 322 g/mol. The van der Waals surface area contributed by atoms with Gasteiger partial charge < -0.3 is 11.1 Å². The molecule has 20 heavy (non-hydrogen) atoms. The number of anilines is 3. The van der Waals surface area contributed by atoms with Crippen LogP contribution in [-0.4, -0.2) is 9.97 Å². The molecule has 0 amide bonds. The predicted octanol–water partition coefficient (Wildman–Crippen LogP) is 4.13. The molecule has 0 aliphatic heterocycles. The van der Waals surface area contributed by atoms with Gasteiger partial charge in [-0.15, -0.1) is 0 Å². The Labute approximate surface area is 121 Å². The summed E-state index contributed by atoms with van der Waals surface area (Å²) < 4.78 is 37.5. The summed E-state index contributed by atoms with van der Waals surface area (Å²) in [5.41, 5.74) is 5.01. The van der Waals surface area contributed by atoms with Crippen LogP contribution in [0, 0.1) is 0 Å². The average Bonchev–Trinajstić information content (AvgIpc) is 2.35. The van der Waals surface area contributed by atoms with E-state index >= 15 is 0 Å². The van der Waals surface area contributed by atoms with Crippen molar-refractivity contribution < 1.29 is 13.2 Å². The van der Waals surface area contributed by atoms with E-state index in [4.69, 9.17) is 28.9 Å². The summed E-state index contributed by atoms with van der Waals surface area (Å²) in [6.07, 6.45) is -3.55. The smallest absolute Gasteiger partial charge is 0.396 e. The van der Waals surface area contributed by atoms with Crippen molar-refractivity contribution in [1.29, 1.82) is 0 Å². The predicted molar refractivity (Wildman–Crippen MR) is 71.2 cm³/mol. The number of benzene rings is 1. The van der Waals surface area contributed by atoms with Gasteiger partial charge in [0.1, 0.15) is 5.69 Å². The first-order chi connectivity index (χ1) is 9.27. The van der Waals surface area contributed by atoms with Gasteiger partial charge >= 0.3 is 6.18 Å². The van der Waals surface area contributed by atoms with Crippen molar-refractivity contribution in [2.45, 2.75) is 6.18 Å². The van der Waals surface area contributed by atoms with Crippen molar-refractivity contribution in [1.82, 2.24) is 9.97 Å². The van der Waals surface area contributed by atoms with E-state index < -0.39 is 11.9 Å². The Morgan fingerprint density at radius 1 is 1.15 bits per heavy atom. The molecule has 0 fully saturated rings. The number of hydrogen-bond acceptors (Lipinski definition) is 4. The van der Waals surface area contributed by atoms with Crippen molar-refractivity contribution in [3.63, 3.8) is 0 Å². The van der Waals surface area contributed by atoms with E-state index in [9.17, 15) is 13.2 Å². The summed E-state index contributed by atoms with van der Waals surface area (Å²) in [5.74, 6) is -0.225. The summed E-state index contributed by atoms with van der Waals surface area (Å²) in [5, 5.41) is 2.92. The van der Waals surface area contributed by atoms with E-state index in [0.29, 0.717) is 5.69 Å². The molecule has 1 heterocycles. The van der Waals surface area contributed by atoms with Crippen molar-refractivity contribution in [3.8, 4) is 0 Å². The van der Waals surface area contributed by atoms with E-state index in [2.05, 4.69) is 15.3 Å². The third-order valence-electron chi connectivity index (χ3n) is 2.28. The molecular weight excluding hydrogens is 316 g/mol. The summed E-state index contributed by atoms with van der Waals surface area (Å²) in [6.45, 7) is 0. The average molecular weight is 323 g/mol. The largest absolute Gasteiger partial charge is 0.433 e. The fourth-order valence-corrected chi connectivity index (χ4v) is 1.85. The van der Waals surface area contributed by atoms with Gasteiger partial charge in [0.2, 0.25) is 5.95 Å². The highest BCUT2D eigenvalue weighted by Gasteiger charge is 2.32. The highest BCUT2D eigenvalue weighted by Crippen LogP contribution is 2.32. The number of nitrogen functional groups attached to an aromatic ring is 1. The number of aromatic nitrogens is 2. The number of hydrogen-bond donors (Lipinski definition) is 2. The van der Waals surface area contributed by atoms with E-state index in [-0.39, 0.29) is 21.7 Å². The van der Waals surface area contributed by atoms with Gasteiger partial charge in [-0.3, -0.25) is 0 Å². The molecule has 0 unspecified atom stereocenters. The van der Waals surface area contributed by atoms with Gasteiger partial charge in [-0.05, 0) is 18.2 Å². The fraction of sp³-hybridized carbons (Fsp3) is 0.0909. The minimum atomic E-state index is -4.55. The molecule has 0 bridgehead atoms. The number of nitrogens with one attached hydrogen (secondary N) is 1. The Balaban J connectivity index is 2.31. The van der Waals surface area contributed by atoms with Gasteiger partial charge in [0.05, 0.1) is 15.7 Å². The molecule has 9 heteroatoms. The lowest BCUT2D eigenvalue weighted by Crippen LogP contribution is -2.10. The molecule has 0 aliphatic carbocycles. The van der Waals surface area contributed by atoms with E-state index in [1.54, 1.807) is 0 Å². The molecule has 0 saturated carbocycles. The summed E-state index contributed by atoms with van der Waals surface area (Å²) in [4.78, 5) is 7.05. The van der Waals surface area contributed by atoms with Crippen LogP contribution in [0.1, 0.15) is 5.69 Å². The zero-order chi connectivity index (χ0) is 14.9. The third kappa shape index (κ3) is 3.23. The number of halogens is 5. The normalized spacial score (nSPS) is 11.4. The number of rotatable bonds is 2. The van der Waals surface area contributed by atoms with Crippen molar-refractivity contribution in [2.24, 2.45) is 0 Å². The summed E-state index contributed by atoms with van der Waals surface area (Å²) >= 11 is 11.6. The molecule has 0 saturated heterocycles. The molecule has 0 spiro atoms. The zero-order valence-corrected chi connectivity index (χ0v) is 11.2. The maximum Gasteiger partial charge on any atom is 0.433 e. The topological polar surface area (TPSA) is 63.8 Å². The van der Waals surface area contributed by atoms with Crippen molar-refractivity contribution in [3.05, 3.63) is 40.1 Å². The highest BCUT2D eigenvalue weighted by atomic mass is 35.5. The lowest BCUT2D eigenvalue weighted by Gasteiger charge is -2.10. The van der Waals surface area contributed by atoms with Crippen LogP contribution in [0.5, 0.6) is 0 Å². The van der Waals surface area contributed by atoms with Crippen molar-refractivity contribution in [2.75, 3.05) is 11.1 Å². The first-order valence-corrected chi connectivity index (χ1v) is 5.95. The summed E-state index contributed by atoms with van der Waals surface area (Å²) in [7, 11) is 0. The molecule has 4 nitrogen and oxygen atoms in total. The molecule has 0 aliphatic rings. The van der Waals surface area contributed by atoms with Crippen LogP contribution < -0.4 is 11.1 Å². The second-order valence-electron chi connectivity index (χ2n) is 3.74. The molecular formula is C11H7Cl2F3N4. The summed E-state index contributed by atoms with van der Waals surface area (Å²) in [6, 6.07) is 3.59. The van der Waals surface area contributed by atoms with Crippen molar-refractivity contribution >= 4 is 40.5 Å². The highest BCUT2D eigenvalue weighted by molar-refractivity contribution is 6.39. The van der Waals surface area contributed by atoms with Gasteiger partial charge in [-0.1, -0.05) is 23.2 Å². The maximum absolute atomic E-state index is 12.5. The Hall–Kier alpha value is -1.73. The lowest BCUT2D eigenvalue weighted by atomic mass is 10.3. The van der Waals surface area contributed by atoms with Crippen LogP contribution in [0.15, 0.2) is 24.4 Å². The number of alkyl halides is 3. The maximum atomic E-state index is 12.5. The molecule has 1 aromatic carbocycles. The van der Waals surface area contributed by atoms with E-state index in [0.717, 1.165) is 12.3 Å². The van der Waals surface area contributed by atoms with Gasteiger partial charge in [0.15, 0.2) is 0 Å². The van der Waals surface area contributed by atoms with E-state index in [1.807, 2.05) is 0 Å². The Morgan fingerprint density at radius 2 is 1.75 bits per heavy atom. The minimum Gasteiger partial charge on any atom is -0.396 e. The second-order valence-corrected chi connectivity index (χ2v) is 4.56. The molecule has 1 aromatic heterocycles. The molecule has 0 radical (unpaired) electrons. The Bertz CT molecular complexity index is 623. The SMILES string of the molecule is Nc1c(Cl)cc(Nc2nccc(C(F)(F)F)n2)cc1Cl. The van der Waals surface area contributed by atoms with Crippen LogP contribution in [-0.2, 0) is 6.18 Å². The quantitative estimate of drug-likeness (QED) is 0.816. The first-order valence-electron chi connectivity index (χ1n) is 5.19. The zero-order valence-electron chi connectivity index (χ0n) is 9.67. The van der Waals surface area contributed by atoms with Crippen LogP contribution in [0.3, 0.4) is 0 Å². The molecule has 2 rings (SSSR count). The van der Waals surface area contributed by atoms with Gasteiger partial charge in [0.25, 0.3) is 0 Å². The van der Waals surface area contributed by atoms with Crippen LogP contribution in [0.2, 0.25) is 10.0 Å². The molecule has 3 N–H and O–H groups in total. The second kappa shape index (κ2) is 5.34. The lowest BCUT2D eigenvalue weighted by molar-refractivity contribution is -0.141. The van der Waals surface area contributed by atoms with Gasteiger partial charge in [-0.2, -0.15) is 13.2 Å². The van der Waals surface area contributed by atoms with Crippen LogP contribution in [0.25, 0.3) is 0 Å². The first kappa shape index (κ1) is 14.7. The van der Waals surface area contributed by atoms with E-state index in [1.165, 1.54) is 12.1 Å². The van der Waals surface area contributed by atoms with Crippen LogP contribution >= 0.6 is 23.2 Å². The fourth-order valence-electron chi connectivity index (χ4n) is 1.36. The van der Waals surface area contributed by atoms with Crippen LogP contribution in [0.4, 0.5) is 30.5 Å². The Kier molecular flexibility index (Phi) is 3.92. The van der Waals surface area contributed by atoms with Gasteiger partial charge in [0, 0.05) is 11.9 Å². The van der Waals surface area contributed by atoms with Gasteiger partial charge in [-0.25, -0.2) is 9.97 Å². The number of nitrogens with zero attached hydrogens (tertiary/aromatic N) is 2. The molecule has 106 valence electrons. The standard InChI is InChI=1S/C11H7Cl2F3N4/c12-6-3-5(4-7(13)9(6)17)19-10-18-2-1-8(20-10)11(14,15)16/h1-4H,17H2,(H,18,19,20). The number of nitrogens with two attached hydrogens (primary N) is 1.